The van der Waals surface area contributed by atoms with E-state index < -0.39 is 5.97 Å². The Hall–Kier alpha value is -3.97. The molecule has 0 amide bonds. The molecular weight excluding hydrogens is 464 g/mol. The first-order valence-corrected chi connectivity index (χ1v) is 12.1. The first-order chi connectivity index (χ1) is 16.5. The van der Waals surface area contributed by atoms with Gasteiger partial charge in [0.25, 0.3) is 0 Å². The van der Waals surface area contributed by atoms with Crippen molar-refractivity contribution >= 4 is 28.6 Å². The Morgan fingerprint density at radius 2 is 1.50 bits per heavy atom. The van der Waals surface area contributed by atoms with E-state index in [2.05, 4.69) is 23.7 Å². The van der Waals surface area contributed by atoms with Gasteiger partial charge in [0.05, 0.1) is 9.75 Å². The van der Waals surface area contributed by atoms with Crippen LogP contribution in [0.25, 0.3) is 0 Å². The zero-order valence-electron chi connectivity index (χ0n) is 18.3. The van der Waals surface area contributed by atoms with Crippen molar-refractivity contribution in [3.8, 4) is 35.2 Å². The summed E-state index contributed by atoms with van der Waals surface area (Å²) >= 11 is 3.21. The second-order valence-electron chi connectivity index (χ2n) is 7.27. The molecule has 0 saturated heterocycles. The number of hydrogen-bond donors (Lipinski definition) is 1. The smallest absolute Gasteiger partial charge is 0.341 e. The van der Waals surface area contributed by atoms with Crippen LogP contribution in [0.3, 0.4) is 0 Å². The monoisotopic (exact) mass is 484 g/mol. The van der Waals surface area contributed by atoms with Gasteiger partial charge in [-0.1, -0.05) is 35.8 Å². The molecule has 0 aliphatic heterocycles. The fourth-order valence-electron chi connectivity index (χ4n) is 3.07. The molecule has 2 heterocycles. The molecule has 4 rings (SSSR count). The van der Waals surface area contributed by atoms with Crippen molar-refractivity contribution in [2.24, 2.45) is 0 Å². The minimum absolute atomic E-state index is 0.344. The van der Waals surface area contributed by atoms with Gasteiger partial charge in [-0.3, -0.25) is 0 Å². The third-order valence-electron chi connectivity index (χ3n) is 4.60. The summed E-state index contributed by atoms with van der Waals surface area (Å²) in [6, 6.07) is 19.3. The van der Waals surface area contributed by atoms with Crippen LogP contribution < -0.4 is 9.47 Å². The summed E-state index contributed by atoms with van der Waals surface area (Å²) in [5.41, 5.74) is 3.51. The first-order valence-electron chi connectivity index (χ1n) is 10.4. The third-order valence-corrected chi connectivity index (χ3v) is 6.17. The molecule has 0 atom stereocenters. The maximum absolute atomic E-state index is 10.7. The second-order valence-corrected chi connectivity index (χ2v) is 9.17. The summed E-state index contributed by atoms with van der Waals surface area (Å²) in [7, 11) is 0. The van der Waals surface area contributed by atoms with E-state index in [0.29, 0.717) is 18.1 Å². The molecule has 0 fully saturated rings. The number of carboxylic acid groups (broad SMARTS) is 1. The number of carboxylic acids is 1. The summed E-state index contributed by atoms with van der Waals surface area (Å²) in [6.45, 7) is 1.82. The number of thiophene rings is 2. The third kappa shape index (κ3) is 6.76. The van der Waals surface area contributed by atoms with E-state index in [1.54, 1.807) is 34.8 Å². The average molecular weight is 485 g/mol. The molecule has 2 aromatic carbocycles. The van der Waals surface area contributed by atoms with Crippen LogP contribution in [0.1, 0.15) is 32.0 Å². The molecule has 34 heavy (non-hydrogen) atoms. The van der Waals surface area contributed by atoms with Gasteiger partial charge in [-0.15, -0.1) is 22.7 Å². The standard InChI is InChI=1S/C28H20O4S2/c1-20-14-24(8-11-27(20)32-19-28(29)30)31-18-23-16-21(6-9-25-4-2-12-33-25)15-22(17-23)7-10-26-5-3-13-34-26/h2-5,8,11-17H,18-19H2,1H3,(H,29,30). The van der Waals surface area contributed by atoms with E-state index in [-0.39, 0.29) is 6.61 Å². The molecule has 6 heteroatoms. The van der Waals surface area contributed by atoms with Crippen molar-refractivity contribution in [2.75, 3.05) is 6.61 Å². The van der Waals surface area contributed by atoms with E-state index in [9.17, 15) is 4.79 Å². The molecule has 0 bridgehead atoms. The lowest BCUT2D eigenvalue weighted by Gasteiger charge is -2.11. The number of rotatable bonds is 6. The van der Waals surface area contributed by atoms with Crippen molar-refractivity contribution < 1.29 is 19.4 Å². The van der Waals surface area contributed by atoms with E-state index in [1.165, 1.54) is 0 Å². The second kappa shape index (κ2) is 11.2. The molecule has 0 unspecified atom stereocenters. The summed E-state index contributed by atoms with van der Waals surface area (Å²) in [5.74, 6) is 13.0. The first kappa shape index (κ1) is 23.2. The van der Waals surface area contributed by atoms with Gasteiger partial charge >= 0.3 is 5.97 Å². The predicted molar refractivity (Wildman–Crippen MR) is 136 cm³/mol. The van der Waals surface area contributed by atoms with Crippen LogP contribution in [0.2, 0.25) is 0 Å². The maximum atomic E-state index is 10.7. The van der Waals surface area contributed by atoms with Gasteiger partial charge in [-0.2, -0.15) is 0 Å². The fraction of sp³-hybridized carbons (Fsp3) is 0.107. The Kier molecular flexibility index (Phi) is 7.67. The topological polar surface area (TPSA) is 55.8 Å². The minimum atomic E-state index is -1.01. The Labute approximate surface area is 206 Å². The number of aliphatic carboxylic acids is 1. The van der Waals surface area contributed by atoms with Crippen LogP contribution in [-0.2, 0) is 11.4 Å². The molecule has 4 aromatic rings. The lowest BCUT2D eigenvalue weighted by atomic mass is 10.1. The van der Waals surface area contributed by atoms with Crippen LogP contribution >= 0.6 is 22.7 Å². The van der Waals surface area contributed by atoms with E-state index in [0.717, 1.165) is 32.0 Å². The normalized spacial score (nSPS) is 9.91. The van der Waals surface area contributed by atoms with Crippen molar-refractivity contribution in [1.82, 2.24) is 0 Å². The maximum Gasteiger partial charge on any atom is 0.341 e. The average Bonchev–Trinajstić information content (AvgIpc) is 3.54. The van der Waals surface area contributed by atoms with Crippen LogP contribution in [0, 0.1) is 30.6 Å². The lowest BCUT2D eigenvalue weighted by Crippen LogP contribution is -2.10. The molecule has 0 aliphatic rings. The van der Waals surface area contributed by atoms with Crippen molar-refractivity contribution in [3.63, 3.8) is 0 Å². The Balaban J connectivity index is 1.54. The molecule has 0 saturated carbocycles. The Morgan fingerprint density at radius 3 is 2.03 bits per heavy atom. The largest absolute Gasteiger partial charge is 0.489 e. The zero-order chi connectivity index (χ0) is 23.8. The summed E-state index contributed by atoms with van der Waals surface area (Å²) in [4.78, 5) is 12.7. The van der Waals surface area contributed by atoms with E-state index in [1.807, 2.05) is 66.2 Å². The Morgan fingerprint density at radius 1 is 0.853 bits per heavy atom. The highest BCUT2D eigenvalue weighted by Gasteiger charge is 2.06. The molecule has 0 spiro atoms. The fourth-order valence-corrected chi connectivity index (χ4v) is 4.21. The molecular formula is C28H20O4S2. The summed E-state index contributed by atoms with van der Waals surface area (Å²) in [6.07, 6.45) is 0. The van der Waals surface area contributed by atoms with Gasteiger partial charge < -0.3 is 14.6 Å². The highest BCUT2D eigenvalue weighted by molar-refractivity contribution is 7.10. The van der Waals surface area contributed by atoms with E-state index >= 15 is 0 Å². The molecule has 4 nitrogen and oxygen atoms in total. The minimum Gasteiger partial charge on any atom is -0.489 e. The van der Waals surface area contributed by atoms with Crippen LogP contribution in [0.4, 0.5) is 0 Å². The molecule has 0 aliphatic carbocycles. The Bertz CT molecular complexity index is 1330. The van der Waals surface area contributed by atoms with E-state index in [4.69, 9.17) is 14.6 Å². The van der Waals surface area contributed by atoms with Gasteiger partial charge in [0.2, 0.25) is 0 Å². The van der Waals surface area contributed by atoms with Crippen LogP contribution in [-0.4, -0.2) is 17.7 Å². The molecule has 2 aromatic heterocycles. The molecule has 0 radical (unpaired) electrons. The van der Waals surface area contributed by atoms with Gasteiger partial charge in [-0.05, 0) is 77.3 Å². The highest BCUT2D eigenvalue weighted by Crippen LogP contribution is 2.24. The quantitative estimate of drug-likeness (QED) is 0.343. The van der Waals surface area contributed by atoms with Gasteiger partial charge in [-0.25, -0.2) is 4.79 Å². The number of hydrogen-bond acceptors (Lipinski definition) is 5. The summed E-state index contributed by atoms with van der Waals surface area (Å²) in [5, 5.41) is 12.8. The lowest BCUT2D eigenvalue weighted by molar-refractivity contribution is -0.139. The van der Waals surface area contributed by atoms with Gasteiger partial charge in [0, 0.05) is 11.1 Å². The van der Waals surface area contributed by atoms with Gasteiger partial charge in [0.15, 0.2) is 6.61 Å². The number of ether oxygens (including phenoxy) is 2. The van der Waals surface area contributed by atoms with Crippen molar-refractivity contribution in [2.45, 2.75) is 13.5 Å². The number of carbonyl (C=O) groups is 1. The number of aryl methyl sites for hydroxylation is 1. The van der Waals surface area contributed by atoms with Crippen molar-refractivity contribution in [3.05, 3.63) is 103 Å². The SMILES string of the molecule is Cc1cc(OCc2cc(C#Cc3cccs3)cc(C#Cc3cccs3)c2)ccc1OCC(=O)O. The molecule has 1 N–H and O–H groups in total. The zero-order valence-corrected chi connectivity index (χ0v) is 20.0. The summed E-state index contributed by atoms with van der Waals surface area (Å²) < 4.78 is 11.3. The number of benzene rings is 2. The van der Waals surface area contributed by atoms with Crippen LogP contribution in [0.15, 0.2) is 71.4 Å². The van der Waals surface area contributed by atoms with Gasteiger partial charge in [0.1, 0.15) is 18.1 Å². The predicted octanol–water partition coefficient (Wildman–Crippen LogP) is 5.96. The highest BCUT2D eigenvalue weighted by atomic mass is 32.1. The van der Waals surface area contributed by atoms with Crippen LogP contribution in [0.5, 0.6) is 11.5 Å². The molecule has 168 valence electrons. The van der Waals surface area contributed by atoms with Crippen molar-refractivity contribution in [1.29, 1.82) is 0 Å².